The number of nitrogens with zero attached hydrogens (tertiary/aromatic N) is 1. The second kappa shape index (κ2) is 7.40. The van der Waals surface area contributed by atoms with Crippen LogP contribution in [-0.2, 0) is 9.59 Å². The summed E-state index contributed by atoms with van der Waals surface area (Å²) in [5, 5.41) is 0.508. The first-order chi connectivity index (χ1) is 13.5. The molecule has 1 saturated heterocycles. The first-order valence-electron chi connectivity index (χ1n) is 8.57. The van der Waals surface area contributed by atoms with Crippen molar-refractivity contribution in [3.63, 3.8) is 0 Å². The van der Waals surface area contributed by atoms with E-state index < -0.39 is 17.7 Å². The molecule has 1 unspecified atom stereocenters. The second-order valence-electron chi connectivity index (χ2n) is 6.39. The highest BCUT2D eigenvalue weighted by Crippen LogP contribution is 2.37. The van der Waals surface area contributed by atoms with E-state index in [0.717, 1.165) is 0 Å². The van der Waals surface area contributed by atoms with Gasteiger partial charge in [-0.2, -0.15) is 0 Å². The zero-order valence-corrected chi connectivity index (χ0v) is 15.4. The van der Waals surface area contributed by atoms with Crippen LogP contribution in [0.5, 0.6) is 11.5 Å². The highest BCUT2D eigenvalue weighted by Gasteiger charge is 2.36. The van der Waals surface area contributed by atoms with E-state index in [1.165, 1.54) is 4.90 Å². The minimum absolute atomic E-state index is 0.0527. The quantitative estimate of drug-likeness (QED) is 0.765. The second-order valence-corrected chi connectivity index (χ2v) is 6.83. The normalized spacial score (nSPS) is 17.5. The number of fused-ring (bicyclic) bond motifs is 1. The molecular weight excluding hydrogens is 386 g/mol. The van der Waals surface area contributed by atoms with Crippen molar-refractivity contribution in [1.29, 1.82) is 0 Å². The molecule has 1 atom stereocenters. The number of ether oxygens (including phenoxy) is 2. The van der Waals surface area contributed by atoms with Crippen LogP contribution >= 0.6 is 11.6 Å². The Kier molecular flexibility index (Phi) is 4.79. The number of halogens is 1. The van der Waals surface area contributed by atoms with Crippen molar-refractivity contribution in [3.8, 4) is 11.5 Å². The third-order valence-electron chi connectivity index (χ3n) is 4.57. The molecular formula is C19H16ClN3O5. The smallest absolute Gasteiger partial charge is 0.269 e. The molecule has 3 amide bonds. The largest absolute Gasteiger partial charge is 0.454 e. The van der Waals surface area contributed by atoms with Gasteiger partial charge in [0.15, 0.2) is 11.5 Å². The van der Waals surface area contributed by atoms with Gasteiger partial charge in [-0.3, -0.25) is 25.2 Å². The summed E-state index contributed by atoms with van der Waals surface area (Å²) in [7, 11) is 0. The molecule has 28 heavy (non-hydrogen) atoms. The van der Waals surface area contributed by atoms with Gasteiger partial charge >= 0.3 is 0 Å². The maximum Gasteiger partial charge on any atom is 0.269 e. The van der Waals surface area contributed by atoms with E-state index >= 15 is 0 Å². The van der Waals surface area contributed by atoms with E-state index in [2.05, 4.69) is 10.9 Å². The van der Waals surface area contributed by atoms with Crippen LogP contribution in [0.3, 0.4) is 0 Å². The summed E-state index contributed by atoms with van der Waals surface area (Å²) < 4.78 is 10.6. The van der Waals surface area contributed by atoms with Crippen LogP contribution in [-0.4, -0.2) is 31.1 Å². The Hall–Kier alpha value is -3.26. The lowest BCUT2D eigenvalue weighted by Gasteiger charge is -2.17. The van der Waals surface area contributed by atoms with Gasteiger partial charge in [0.2, 0.25) is 18.6 Å². The van der Waals surface area contributed by atoms with Gasteiger partial charge in [-0.25, -0.2) is 0 Å². The minimum Gasteiger partial charge on any atom is -0.454 e. The third-order valence-corrected chi connectivity index (χ3v) is 4.82. The number of nitrogens with one attached hydrogen (secondary N) is 2. The van der Waals surface area contributed by atoms with E-state index in [-0.39, 0.29) is 25.7 Å². The molecule has 0 aliphatic carbocycles. The lowest BCUT2D eigenvalue weighted by molar-refractivity contribution is -0.126. The number of hydrogen-bond donors (Lipinski definition) is 2. The summed E-state index contributed by atoms with van der Waals surface area (Å²) in [6.07, 6.45) is 0.0527. The third kappa shape index (κ3) is 3.59. The molecule has 2 aliphatic heterocycles. The van der Waals surface area contributed by atoms with E-state index in [1.807, 2.05) is 0 Å². The van der Waals surface area contributed by atoms with Crippen LogP contribution in [0, 0.1) is 5.92 Å². The average molecular weight is 402 g/mol. The molecule has 9 heteroatoms. The first-order valence-corrected chi connectivity index (χ1v) is 8.95. The molecule has 0 spiro atoms. The predicted octanol–water partition coefficient (Wildman–Crippen LogP) is 1.88. The topological polar surface area (TPSA) is 97.0 Å². The fourth-order valence-corrected chi connectivity index (χ4v) is 3.21. The molecule has 0 aromatic heterocycles. The van der Waals surface area contributed by atoms with Gasteiger partial charge in [0.1, 0.15) is 0 Å². The molecule has 0 saturated carbocycles. The SMILES string of the molecule is O=C(NNC(=O)C1CC(=O)N(c2ccc3c(c2)OCO3)C1)c1ccc(Cl)cc1. The van der Waals surface area contributed by atoms with Crippen LogP contribution in [0.15, 0.2) is 42.5 Å². The summed E-state index contributed by atoms with van der Waals surface area (Å²) >= 11 is 5.79. The van der Waals surface area contributed by atoms with Crippen molar-refractivity contribution in [3.05, 3.63) is 53.1 Å². The van der Waals surface area contributed by atoms with E-state index in [0.29, 0.717) is 27.8 Å². The first kappa shape index (κ1) is 18.1. The average Bonchev–Trinajstić information content (AvgIpc) is 3.32. The molecule has 2 aliphatic rings. The standard InChI is InChI=1S/C19H16ClN3O5/c20-13-3-1-11(2-4-13)18(25)21-22-19(26)12-7-17(24)23(9-12)14-5-6-15-16(8-14)28-10-27-15/h1-6,8,12H,7,9-10H2,(H,21,25)(H,22,26). The number of benzene rings is 2. The van der Waals surface area contributed by atoms with Gasteiger partial charge < -0.3 is 14.4 Å². The van der Waals surface area contributed by atoms with Gasteiger partial charge in [0.05, 0.1) is 5.92 Å². The molecule has 0 bridgehead atoms. The summed E-state index contributed by atoms with van der Waals surface area (Å²) in [6.45, 7) is 0.353. The summed E-state index contributed by atoms with van der Waals surface area (Å²) in [4.78, 5) is 38.3. The number of hydrazine groups is 1. The fourth-order valence-electron chi connectivity index (χ4n) is 3.08. The van der Waals surface area contributed by atoms with Crippen molar-refractivity contribution in [2.75, 3.05) is 18.2 Å². The molecule has 2 aromatic rings. The Morgan fingerprint density at radius 3 is 2.57 bits per heavy atom. The van der Waals surface area contributed by atoms with E-state index in [4.69, 9.17) is 21.1 Å². The van der Waals surface area contributed by atoms with Crippen LogP contribution in [0.1, 0.15) is 16.8 Å². The highest BCUT2D eigenvalue weighted by molar-refractivity contribution is 6.30. The van der Waals surface area contributed by atoms with Crippen molar-refractivity contribution in [2.24, 2.45) is 5.92 Å². The molecule has 144 valence electrons. The van der Waals surface area contributed by atoms with Gasteiger partial charge in [-0.1, -0.05) is 11.6 Å². The zero-order chi connectivity index (χ0) is 19.7. The Morgan fingerprint density at radius 2 is 1.79 bits per heavy atom. The van der Waals surface area contributed by atoms with Crippen molar-refractivity contribution in [1.82, 2.24) is 10.9 Å². The highest BCUT2D eigenvalue weighted by atomic mass is 35.5. The van der Waals surface area contributed by atoms with Gasteiger partial charge in [0, 0.05) is 35.3 Å². The lowest BCUT2D eigenvalue weighted by Crippen LogP contribution is -2.45. The predicted molar refractivity (Wildman–Crippen MR) is 100 cm³/mol. The maximum atomic E-state index is 12.4. The molecule has 4 rings (SSSR count). The molecule has 2 N–H and O–H groups in total. The molecule has 1 fully saturated rings. The lowest BCUT2D eigenvalue weighted by atomic mass is 10.1. The zero-order valence-electron chi connectivity index (χ0n) is 14.6. The summed E-state index contributed by atoms with van der Waals surface area (Å²) in [6, 6.07) is 11.4. The fraction of sp³-hybridized carbons (Fsp3) is 0.211. The minimum atomic E-state index is -0.580. The number of carbonyl (C=O) groups is 3. The Morgan fingerprint density at radius 1 is 1.04 bits per heavy atom. The number of rotatable bonds is 3. The van der Waals surface area contributed by atoms with Crippen LogP contribution in [0.25, 0.3) is 0 Å². The Balaban J connectivity index is 1.36. The van der Waals surface area contributed by atoms with Gasteiger partial charge in [-0.05, 0) is 36.4 Å². The summed E-state index contributed by atoms with van der Waals surface area (Å²) in [5.41, 5.74) is 5.72. The molecule has 2 aromatic carbocycles. The van der Waals surface area contributed by atoms with Crippen LogP contribution in [0.2, 0.25) is 5.02 Å². The van der Waals surface area contributed by atoms with E-state index in [9.17, 15) is 14.4 Å². The number of carbonyl (C=O) groups excluding carboxylic acids is 3. The van der Waals surface area contributed by atoms with Gasteiger partial charge in [0.25, 0.3) is 5.91 Å². The molecule has 8 nitrogen and oxygen atoms in total. The summed E-state index contributed by atoms with van der Waals surface area (Å²) in [5.74, 6) is -0.476. The molecule has 0 radical (unpaired) electrons. The Labute approximate surface area is 165 Å². The van der Waals surface area contributed by atoms with Crippen LogP contribution < -0.4 is 25.2 Å². The maximum absolute atomic E-state index is 12.4. The monoisotopic (exact) mass is 401 g/mol. The van der Waals surface area contributed by atoms with Gasteiger partial charge in [-0.15, -0.1) is 0 Å². The van der Waals surface area contributed by atoms with Crippen molar-refractivity contribution >= 4 is 35.0 Å². The number of anilines is 1. The Bertz CT molecular complexity index is 947. The number of amides is 3. The molecule has 2 heterocycles. The van der Waals surface area contributed by atoms with Crippen LogP contribution in [0.4, 0.5) is 5.69 Å². The number of hydrogen-bond acceptors (Lipinski definition) is 5. The van der Waals surface area contributed by atoms with Crippen molar-refractivity contribution in [2.45, 2.75) is 6.42 Å². The van der Waals surface area contributed by atoms with Crippen molar-refractivity contribution < 1.29 is 23.9 Å². The van der Waals surface area contributed by atoms with E-state index in [1.54, 1.807) is 42.5 Å².